The number of halogens is 3. The molecule has 0 spiro atoms. The maximum atomic E-state index is 12.5. The fourth-order valence-corrected chi connectivity index (χ4v) is 4.14. The molecule has 1 unspecified atom stereocenters. The van der Waals surface area contributed by atoms with Crippen molar-refractivity contribution in [2.45, 2.75) is 44.4 Å². The molecule has 0 saturated carbocycles. The molecular formula is C17H21F3N6O. The van der Waals surface area contributed by atoms with E-state index in [1.54, 1.807) is 12.4 Å². The largest absolute Gasteiger partial charge is 0.395 e. The number of H-pyrrole nitrogens is 1. The Kier molecular flexibility index (Phi) is 4.55. The molecule has 2 N–H and O–H groups in total. The van der Waals surface area contributed by atoms with Crippen LogP contribution in [0, 0.1) is 6.92 Å². The van der Waals surface area contributed by atoms with E-state index in [2.05, 4.69) is 24.7 Å². The van der Waals surface area contributed by atoms with Gasteiger partial charge >= 0.3 is 6.18 Å². The lowest BCUT2D eigenvalue weighted by molar-refractivity contribution is -0.136. The van der Waals surface area contributed by atoms with Crippen molar-refractivity contribution in [3.05, 3.63) is 18.2 Å². The van der Waals surface area contributed by atoms with Gasteiger partial charge in [-0.3, -0.25) is 10.00 Å². The summed E-state index contributed by atoms with van der Waals surface area (Å²) >= 11 is 0. The number of likely N-dealkylation sites (tertiary alicyclic amines) is 1. The summed E-state index contributed by atoms with van der Waals surface area (Å²) in [5, 5.41) is 17.5. The van der Waals surface area contributed by atoms with Gasteiger partial charge in [-0.1, -0.05) is 0 Å². The van der Waals surface area contributed by atoms with E-state index in [0.29, 0.717) is 25.2 Å². The first-order chi connectivity index (χ1) is 12.9. The molecule has 0 radical (unpaired) electrons. The maximum Gasteiger partial charge on any atom is 0.389 e. The first-order valence-corrected chi connectivity index (χ1v) is 8.95. The summed E-state index contributed by atoms with van der Waals surface area (Å²) < 4.78 is 39.5. The van der Waals surface area contributed by atoms with Gasteiger partial charge in [-0.2, -0.15) is 18.3 Å². The summed E-state index contributed by atoms with van der Waals surface area (Å²) in [7, 11) is 0. The van der Waals surface area contributed by atoms with Gasteiger partial charge in [-0.25, -0.2) is 9.97 Å². The Morgan fingerprint density at radius 2 is 2.15 bits per heavy atom. The standard InChI is InChI=1S/C17H21F3N6O/c1-10-23-14-7-21-16-13(6-22-24-16)15(14)26(10)11-5-12(9-27)25(8-11)4-2-3-17(18,19)20/h6-7,11-12,27H,2-5,8-9H2,1H3,(H,21,22,24)/t11?,12-/m1/s1. The third kappa shape index (κ3) is 3.39. The Morgan fingerprint density at radius 3 is 2.89 bits per heavy atom. The van der Waals surface area contributed by atoms with Gasteiger partial charge < -0.3 is 9.67 Å². The molecule has 7 nitrogen and oxygen atoms in total. The monoisotopic (exact) mass is 382 g/mol. The number of aromatic nitrogens is 5. The number of hydrogen-bond acceptors (Lipinski definition) is 5. The predicted molar refractivity (Wildman–Crippen MR) is 93.3 cm³/mol. The smallest absolute Gasteiger partial charge is 0.389 e. The predicted octanol–water partition coefficient (Wildman–Crippen LogP) is 2.57. The quantitative estimate of drug-likeness (QED) is 0.709. The van der Waals surface area contributed by atoms with E-state index < -0.39 is 12.6 Å². The number of imidazole rings is 1. The average Bonchev–Trinajstić information content (AvgIpc) is 3.28. The Bertz CT molecular complexity index is 949. The van der Waals surface area contributed by atoms with Crippen LogP contribution in [0.4, 0.5) is 13.2 Å². The van der Waals surface area contributed by atoms with Crippen molar-refractivity contribution in [2.75, 3.05) is 19.7 Å². The highest BCUT2D eigenvalue weighted by Gasteiger charge is 2.35. The lowest BCUT2D eigenvalue weighted by atomic mass is 10.1. The second kappa shape index (κ2) is 6.75. The van der Waals surface area contributed by atoms with Crippen LogP contribution in [-0.4, -0.2) is 66.7 Å². The molecule has 3 aromatic rings. The molecule has 27 heavy (non-hydrogen) atoms. The molecule has 4 rings (SSSR count). The summed E-state index contributed by atoms with van der Waals surface area (Å²) in [5.41, 5.74) is 2.35. The summed E-state index contributed by atoms with van der Waals surface area (Å²) in [6.07, 6.45) is -0.852. The number of rotatable bonds is 5. The Balaban J connectivity index is 1.62. The normalized spacial score (nSPS) is 21.7. The fourth-order valence-electron chi connectivity index (χ4n) is 4.14. The number of fused-ring (bicyclic) bond motifs is 3. The average molecular weight is 382 g/mol. The molecule has 1 fully saturated rings. The highest BCUT2D eigenvalue weighted by Crippen LogP contribution is 2.34. The first kappa shape index (κ1) is 18.2. The zero-order chi connectivity index (χ0) is 19.2. The third-order valence-electron chi connectivity index (χ3n) is 5.29. The number of alkyl halides is 3. The number of aromatic amines is 1. The topological polar surface area (TPSA) is 82.9 Å². The molecule has 1 aliphatic rings. The van der Waals surface area contributed by atoms with Crippen LogP contribution in [-0.2, 0) is 0 Å². The van der Waals surface area contributed by atoms with E-state index in [1.807, 2.05) is 11.8 Å². The summed E-state index contributed by atoms with van der Waals surface area (Å²) in [4.78, 5) is 10.8. The van der Waals surface area contributed by atoms with Gasteiger partial charge in [-0.05, 0) is 26.3 Å². The Labute approximate surface area is 153 Å². The molecule has 146 valence electrons. The zero-order valence-electron chi connectivity index (χ0n) is 14.9. The SMILES string of the molecule is Cc1nc2cnc3[nH]ncc3c2n1C1C[C@H](CO)N(CCCC(F)(F)F)C1. The van der Waals surface area contributed by atoms with Gasteiger partial charge in [0.25, 0.3) is 0 Å². The minimum absolute atomic E-state index is 0.0264. The van der Waals surface area contributed by atoms with Gasteiger partial charge in [0.2, 0.25) is 0 Å². The number of pyridine rings is 1. The number of nitrogens with zero attached hydrogens (tertiary/aromatic N) is 5. The number of aliphatic hydroxyl groups is 1. The van der Waals surface area contributed by atoms with Gasteiger partial charge in [0.05, 0.1) is 29.9 Å². The zero-order valence-corrected chi connectivity index (χ0v) is 14.9. The number of aryl methyl sites for hydroxylation is 1. The van der Waals surface area contributed by atoms with Crippen LogP contribution in [0.2, 0.25) is 0 Å². The molecule has 4 heterocycles. The van der Waals surface area contributed by atoms with Crippen LogP contribution in [0.3, 0.4) is 0 Å². The highest BCUT2D eigenvalue weighted by atomic mass is 19.4. The van der Waals surface area contributed by atoms with E-state index >= 15 is 0 Å². The molecule has 1 aliphatic heterocycles. The molecule has 2 atom stereocenters. The minimum atomic E-state index is -4.15. The van der Waals surface area contributed by atoms with Crippen LogP contribution in [0.5, 0.6) is 0 Å². The number of hydrogen-bond donors (Lipinski definition) is 2. The maximum absolute atomic E-state index is 12.5. The lowest BCUT2D eigenvalue weighted by Gasteiger charge is -2.22. The van der Waals surface area contributed by atoms with Crippen LogP contribution in [0.15, 0.2) is 12.4 Å². The van der Waals surface area contributed by atoms with E-state index in [9.17, 15) is 18.3 Å². The van der Waals surface area contributed by atoms with Crippen LogP contribution in [0.25, 0.3) is 22.1 Å². The Hall–Kier alpha value is -2.20. The molecule has 0 amide bonds. The van der Waals surface area contributed by atoms with Gasteiger partial charge in [0.15, 0.2) is 5.65 Å². The molecule has 1 saturated heterocycles. The molecule has 0 aromatic carbocycles. The van der Waals surface area contributed by atoms with Crippen molar-refractivity contribution >= 4 is 22.1 Å². The van der Waals surface area contributed by atoms with Crippen molar-refractivity contribution in [3.8, 4) is 0 Å². The van der Waals surface area contributed by atoms with E-state index in [4.69, 9.17) is 0 Å². The summed E-state index contributed by atoms with van der Waals surface area (Å²) in [5.74, 6) is 0.819. The van der Waals surface area contributed by atoms with E-state index in [0.717, 1.165) is 22.2 Å². The number of nitrogens with one attached hydrogen (secondary N) is 1. The second-order valence-corrected chi connectivity index (χ2v) is 7.09. The van der Waals surface area contributed by atoms with Crippen molar-refractivity contribution in [1.29, 1.82) is 0 Å². The van der Waals surface area contributed by atoms with Crippen molar-refractivity contribution < 1.29 is 18.3 Å². The highest BCUT2D eigenvalue weighted by molar-refractivity contribution is 6.00. The molecule has 0 bridgehead atoms. The van der Waals surface area contributed by atoms with Crippen molar-refractivity contribution in [1.82, 2.24) is 29.6 Å². The summed E-state index contributed by atoms with van der Waals surface area (Å²) in [6.45, 7) is 2.73. The van der Waals surface area contributed by atoms with Crippen LogP contribution < -0.4 is 0 Å². The van der Waals surface area contributed by atoms with E-state index in [-0.39, 0.29) is 25.1 Å². The molecule has 10 heteroatoms. The Morgan fingerprint density at radius 1 is 1.33 bits per heavy atom. The number of aliphatic hydroxyl groups excluding tert-OH is 1. The van der Waals surface area contributed by atoms with Gasteiger partial charge in [0.1, 0.15) is 11.3 Å². The first-order valence-electron chi connectivity index (χ1n) is 8.95. The fraction of sp³-hybridized carbons (Fsp3) is 0.588. The molecule has 3 aromatic heterocycles. The van der Waals surface area contributed by atoms with Crippen LogP contribution >= 0.6 is 0 Å². The summed E-state index contributed by atoms with van der Waals surface area (Å²) in [6, 6.07) is -0.125. The van der Waals surface area contributed by atoms with Crippen molar-refractivity contribution in [2.24, 2.45) is 0 Å². The molecule has 0 aliphatic carbocycles. The van der Waals surface area contributed by atoms with Crippen LogP contribution in [0.1, 0.15) is 31.1 Å². The van der Waals surface area contributed by atoms with Crippen molar-refractivity contribution in [3.63, 3.8) is 0 Å². The third-order valence-corrected chi connectivity index (χ3v) is 5.29. The second-order valence-electron chi connectivity index (χ2n) is 7.09. The molecular weight excluding hydrogens is 361 g/mol. The lowest BCUT2D eigenvalue weighted by Crippen LogP contribution is -2.33. The van der Waals surface area contributed by atoms with E-state index in [1.165, 1.54) is 0 Å². The minimum Gasteiger partial charge on any atom is -0.395 e. The van der Waals surface area contributed by atoms with Gasteiger partial charge in [-0.15, -0.1) is 0 Å². The van der Waals surface area contributed by atoms with Gasteiger partial charge in [0, 0.05) is 25.0 Å².